The Bertz CT molecular complexity index is 626. The van der Waals surface area contributed by atoms with Crippen LogP contribution >= 0.6 is 0 Å². The molecule has 1 atom stereocenters. The second-order valence-electron chi connectivity index (χ2n) is 5.36. The molecule has 0 aliphatic heterocycles. The van der Waals surface area contributed by atoms with E-state index in [9.17, 15) is 4.79 Å². The van der Waals surface area contributed by atoms with Gasteiger partial charge in [0.2, 0.25) is 0 Å². The summed E-state index contributed by atoms with van der Waals surface area (Å²) in [6.07, 6.45) is 6.77. The minimum Gasteiger partial charge on any atom is -0.493 e. The summed E-state index contributed by atoms with van der Waals surface area (Å²) in [7, 11) is 1.34. The molecule has 0 amide bonds. The van der Waals surface area contributed by atoms with Crippen LogP contribution in [0.2, 0.25) is 0 Å². The van der Waals surface area contributed by atoms with Crippen LogP contribution in [0.3, 0.4) is 0 Å². The Hall–Kier alpha value is -2.34. The molecule has 23 heavy (non-hydrogen) atoms. The molecule has 124 valence electrons. The number of imidazole rings is 1. The molecule has 0 saturated heterocycles. The number of benzene rings is 1. The fraction of sp³-hybridized carbons (Fsp3) is 0.412. The molecular formula is C17H23N3O3. The lowest BCUT2D eigenvalue weighted by atomic mass is 10.0. The van der Waals surface area contributed by atoms with E-state index in [4.69, 9.17) is 10.5 Å². The second kappa shape index (κ2) is 8.33. The normalized spacial score (nSPS) is 12.0. The molecule has 6 nitrogen and oxygen atoms in total. The van der Waals surface area contributed by atoms with E-state index in [1.54, 1.807) is 12.5 Å². The first kappa shape index (κ1) is 17.0. The number of hydrogen-bond donors (Lipinski definition) is 1. The first-order chi connectivity index (χ1) is 11.1. The van der Waals surface area contributed by atoms with E-state index in [0.717, 1.165) is 23.3 Å². The maximum Gasteiger partial charge on any atom is 0.322 e. The van der Waals surface area contributed by atoms with E-state index in [2.05, 4.69) is 16.6 Å². The fourth-order valence-electron chi connectivity index (χ4n) is 2.30. The summed E-state index contributed by atoms with van der Waals surface area (Å²) in [5.74, 6) is 0.434. The van der Waals surface area contributed by atoms with Gasteiger partial charge >= 0.3 is 5.97 Å². The van der Waals surface area contributed by atoms with E-state index in [0.29, 0.717) is 19.6 Å². The topological polar surface area (TPSA) is 79.4 Å². The largest absolute Gasteiger partial charge is 0.493 e. The monoisotopic (exact) mass is 317 g/mol. The van der Waals surface area contributed by atoms with Gasteiger partial charge in [-0.1, -0.05) is 19.1 Å². The van der Waals surface area contributed by atoms with Crippen molar-refractivity contribution >= 4 is 5.97 Å². The van der Waals surface area contributed by atoms with E-state index in [-0.39, 0.29) is 0 Å². The van der Waals surface area contributed by atoms with Gasteiger partial charge in [0.15, 0.2) is 0 Å². The Labute approximate surface area is 136 Å². The molecule has 1 aromatic heterocycles. The molecule has 0 spiro atoms. The van der Waals surface area contributed by atoms with Gasteiger partial charge in [-0.05, 0) is 24.5 Å². The smallest absolute Gasteiger partial charge is 0.322 e. The summed E-state index contributed by atoms with van der Waals surface area (Å²) in [5.41, 5.74) is 7.85. The average molecular weight is 317 g/mol. The number of aromatic nitrogens is 2. The van der Waals surface area contributed by atoms with Crippen LogP contribution in [-0.2, 0) is 22.5 Å². The SMILES string of the molecule is CCCOc1ccc(CC(N)C(=O)OC)cc1Cn1ccnc1. The molecule has 0 fully saturated rings. The standard InChI is InChI=1S/C17H23N3O3/c1-3-8-23-16-5-4-13(10-15(18)17(21)22-2)9-14(16)11-20-7-6-19-12-20/h4-7,9,12,15H,3,8,10-11,18H2,1-2H3. The average Bonchev–Trinajstić information content (AvgIpc) is 3.06. The fourth-order valence-corrected chi connectivity index (χ4v) is 2.30. The van der Waals surface area contributed by atoms with Crippen LogP contribution in [0.4, 0.5) is 0 Å². The first-order valence-corrected chi connectivity index (χ1v) is 7.67. The molecule has 1 heterocycles. The van der Waals surface area contributed by atoms with Gasteiger partial charge in [-0.15, -0.1) is 0 Å². The Balaban J connectivity index is 2.19. The van der Waals surface area contributed by atoms with Crippen molar-refractivity contribution < 1.29 is 14.3 Å². The number of hydrogen-bond acceptors (Lipinski definition) is 5. The van der Waals surface area contributed by atoms with Gasteiger partial charge in [0.05, 0.1) is 26.6 Å². The van der Waals surface area contributed by atoms with Crippen LogP contribution in [-0.4, -0.2) is 35.3 Å². The maximum absolute atomic E-state index is 11.5. The van der Waals surface area contributed by atoms with Crippen molar-refractivity contribution in [3.63, 3.8) is 0 Å². The Morgan fingerprint density at radius 3 is 2.91 bits per heavy atom. The third-order valence-electron chi connectivity index (χ3n) is 3.46. The summed E-state index contributed by atoms with van der Waals surface area (Å²) in [6, 6.07) is 5.23. The molecule has 2 aromatic rings. The van der Waals surface area contributed by atoms with Crippen molar-refractivity contribution in [2.24, 2.45) is 5.73 Å². The van der Waals surface area contributed by atoms with Gasteiger partial charge in [0.25, 0.3) is 0 Å². The third-order valence-corrected chi connectivity index (χ3v) is 3.46. The number of ether oxygens (including phenoxy) is 2. The molecule has 0 saturated carbocycles. The van der Waals surface area contributed by atoms with Crippen LogP contribution in [0.15, 0.2) is 36.9 Å². The molecule has 1 aromatic carbocycles. The number of nitrogens with two attached hydrogens (primary N) is 1. The highest BCUT2D eigenvalue weighted by atomic mass is 16.5. The lowest BCUT2D eigenvalue weighted by Crippen LogP contribution is -2.33. The van der Waals surface area contributed by atoms with Crippen LogP contribution < -0.4 is 10.5 Å². The number of esters is 1. The predicted molar refractivity (Wildman–Crippen MR) is 87.3 cm³/mol. The molecule has 2 N–H and O–H groups in total. The van der Waals surface area contributed by atoms with E-state index >= 15 is 0 Å². The third kappa shape index (κ3) is 4.82. The quantitative estimate of drug-likeness (QED) is 0.751. The number of carbonyl (C=O) groups excluding carboxylic acids is 1. The van der Waals surface area contributed by atoms with Gasteiger partial charge in [0, 0.05) is 18.0 Å². The van der Waals surface area contributed by atoms with Crippen molar-refractivity contribution in [2.75, 3.05) is 13.7 Å². The van der Waals surface area contributed by atoms with Crippen molar-refractivity contribution in [2.45, 2.75) is 32.4 Å². The summed E-state index contributed by atoms with van der Waals surface area (Å²) < 4.78 is 12.5. The number of nitrogens with zero attached hydrogens (tertiary/aromatic N) is 2. The van der Waals surface area contributed by atoms with Gasteiger partial charge in [0.1, 0.15) is 11.8 Å². The van der Waals surface area contributed by atoms with E-state index in [1.165, 1.54) is 7.11 Å². The Morgan fingerprint density at radius 1 is 1.43 bits per heavy atom. The molecule has 6 heteroatoms. The highest BCUT2D eigenvalue weighted by molar-refractivity contribution is 5.75. The zero-order valence-corrected chi connectivity index (χ0v) is 13.6. The molecule has 0 aliphatic carbocycles. The van der Waals surface area contributed by atoms with Crippen LogP contribution in [0.1, 0.15) is 24.5 Å². The molecule has 0 aliphatic rings. The van der Waals surface area contributed by atoms with Crippen molar-refractivity contribution in [1.82, 2.24) is 9.55 Å². The van der Waals surface area contributed by atoms with Gasteiger partial charge in [-0.25, -0.2) is 4.98 Å². The summed E-state index contributed by atoms with van der Waals surface area (Å²) in [5, 5.41) is 0. The Kier molecular flexibility index (Phi) is 6.17. The van der Waals surface area contributed by atoms with E-state index in [1.807, 2.05) is 29.0 Å². The summed E-state index contributed by atoms with van der Waals surface area (Å²) in [6.45, 7) is 3.39. The highest BCUT2D eigenvalue weighted by Crippen LogP contribution is 2.22. The predicted octanol–water partition coefficient (Wildman–Crippen LogP) is 1.76. The number of methoxy groups -OCH3 is 1. The van der Waals surface area contributed by atoms with Crippen molar-refractivity contribution in [3.05, 3.63) is 48.0 Å². The minimum atomic E-state index is -0.663. The summed E-state index contributed by atoms with van der Waals surface area (Å²) >= 11 is 0. The zero-order valence-electron chi connectivity index (χ0n) is 13.6. The minimum absolute atomic E-state index is 0.410. The lowest BCUT2D eigenvalue weighted by Gasteiger charge is -2.15. The van der Waals surface area contributed by atoms with Gasteiger partial charge < -0.3 is 19.8 Å². The maximum atomic E-state index is 11.5. The summed E-state index contributed by atoms with van der Waals surface area (Å²) in [4.78, 5) is 15.5. The molecule has 0 radical (unpaired) electrons. The van der Waals surface area contributed by atoms with Gasteiger partial charge in [-0.2, -0.15) is 0 Å². The van der Waals surface area contributed by atoms with Crippen molar-refractivity contribution in [1.29, 1.82) is 0 Å². The first-order valence-electron chi connectivity index (χ1n) is 7.67. The highest BCUT2D eigenvalue weighted by Gasteiger charge is 2.15. The lowest BCUT2D eigenvalue weighted by molar-refractivity contribution is -0.142. The van der Waals surface area contributed by atoms with E-state index < -0.39 is 12.0 Å². The zero-order chi connectivity index (χ0) is 16.7. The number of rotatable bonds is 8. The van der Waals surface area contributed by atoms with Crippen LogP contribution in [0.5, 0.6) is 5.75 Å². The van der Waals surface area contributed by atoms with Crippen LogP contribution in [0.25, 0.3) is 0 Å². The number of carbonyl (C=O) groups is 1. The second-order valence-corrected chi connectivity index (χ2v) is 5.36. The Morgan fingerprint density at radius 2 is 2.26 bits per heavy atom. The molecular weight excluding hydrogens is 294 g/mol. The van der Waals surface area contributed by atoms with Crippen LogP contribution in [0, 0.1) is 0 Å². The molecule has 1 unspecified atom stereocenters. The van der Waals surface area contributed by atoms with Crippen molar-refractivity contribution in [3.8, 4) is 5.75 Å². The molecule has 0 bridgehead atoms. The molecule has 2 rings (SSSR count). The van der Waals surface area contributed by atoms with Gasteiger partial charge in [-0.3, -0.25) is 4.79 Å².